The van der Waals surface area contributed by atoms with E-state index in [1.165, 1.54) is 16.7 Å². The van der Waals surface area contributed by atoms with Crippen LogP contribution in [-0.4, -0.2) is 14.7 Å². The molecule has 1 saturated heterocycles. The van der Waals surface area contributed by atoms with Gasteiger partial charge in [-0.15, -0.1) is 0 Å². The Bertz CT molecular complexity index is 1380. The molecular weight excluding hydrogens is 460 g/mol. The molecule has 172 valence electrons. The third-order valence-corrected chi connectivity index (χ3v) is 7.13. The number of aromatic nitrogens is 2. The van der Waals surface area contributed by atoms with Crippen LogP contribution in [0.15, 0.2) is 72.9 Å². The summed E-state index contributed by atoms with van der Waals surface area (Å²) in [5, 5.41) is 5.00. The summed E-state index contributed by atoms with van der Waals surface area (Å²) in [4.78, 5) is 6.92. The highest BCUT2D eigenvalue weighted by molar-refractivity contribution is 7.80. The Morgan fingerprint density at radius 2 is 1.76 bits per heavy atom. The van der Waals surface area contributed by atoms with Gasteiger partial charge in [-0.3, -0.25) is 4.98 Å². The molecule has 0 aliphatic carbocycles. The van der Waals surface area contributed by atoms with E-state index in [-0.39, 0.29) is 12.1 Å². The lowest BCUT2D eigenvalue weighted by Crippen LogP contribution is -2.29. The fraction of sp³-hybridized carbons (Fsp3) is 0.214. The summed E-state index contributed by atoms with van der Waals surface area (Å²) in [5.74, 6) is 0. The number of hydrogen-bond donors (Lipinski definition) is 1. The van der Waals surface area contributed by atoms with Gasteiger partial charge in [-0.25, -0.2) is 0 Å². The van der Waals surface area contributed by atoms with Gasteiger partial charge in [0.05, 0.1) is 17.8 Å². The van der Waals surface area contributed by atoms with Crippen LogP contribution in [0.4, 0.5) is 5.69 Å². The molecule has 4 aromatic rings. The van der Waals surface area contributed by atoms with Crippen LogP contribution in [-0.2, 0) is 0 Å². The topological polar surface area (TPSA) is 33.1 Å². The number of thiocarbonyl (C=S) groups is 1. The van der Waals surface area contributed by atoms with E-state index >= 15 is 0 Å². The first kappa shape index (κ1) is 22.6. The summed E-state index contributed by atoms with van der Waals surface area (Å²) in [7, 11) is 0. The lowest BCUT2D eigenvalue weighted by atomic mass is 9.96. The summed E-state index contributed by atoms with van der Waals surface area (Å²) >= 11 is 12.3. The van der Waals surface area contributed by atoms with Crippen molar-refractivity contribution >= 4 is 34.6 Å². The molecule has 5 rings (SSSR count). The van der Waals surface area contributed by atoms with Crippen LogP contribution in [0.1, 0.15) is 45.9 Å². The van der Waals surface area contributed by atoms with Crippen molar-refractivity contribution in [2.45, 2.75) is 39.8 Å². The van der Waals surface area contributed by atoms with E-state index in [2.05, 4.69) is 89.9 Å². The highest BCUT2D eigenvalue weighted by Gasteiger charge is 2.42. The van der Waals surface area contributed by atoms with Gasteiger partial charge < -0.3 is 14.8 Å². The first-order valence-electron chi connectivity index (χ1n) is 11.4. The van der Waals surface area contributed by atoms with Crippen molar-refractivity contribution in [1.29, 1.82) is 0 Å². The summed E-state index contributed by atoms with van der Waals surface area (Å²) in [5.41, 5.74) is 9.03. The molecule has 0 radical (unpaired) electrons. The van der Waals surface area contributed by atoms with Gasteiger partial charge in [-0.1, -0.05) is 35.9 Å². The van der Waals surface area contributed by atoms with Gasteiger partial charge in [0.1, 0.15) is 0 Å². The molecule has 4 nitrogen and oxygen atoms in total. The molecule has 0 bridgehead atoms. The fourth-order valence-electron chi connectivity index (χ4n) is 5.01. The monoisotopic (exact) mass is 486 g/mol. The number of aryl methyl sites for hydroxylation is 3. The largest absolute Gasteiger partial charge is 0.351 e. The lowest BCUT2D eigenvalue weighted by Gasteiger charge is -2.28. The minimum atomic E-state index is -0.0800. The van der Waals surface area contributed by atoms with Crippen molar-refractivity contribution in [2.75, 3.05) is 4.90 Å². The summed E-state index contributed by atoms with van der Waals surface area (Å²) in [6, 6.07) is 22.7. The Hall–Kier alpha value is -3.15. The molecule has 0 unspecified atom stereocenters. The number of hydrogen-bond acceptors (Lipinski definition) is 2. The molecule has 2 atom stereocenters. The van der Waals surface area contributed by atoms with Crippen LogP contribution in [0.25, 0.3) is 5.69 Å². The third-order valence-electron chi connectivity index (χ3n) is 6.58. The Morgan fingerprint density at radius 3 is 2.50 bits per heavy atom. The van der Waals surface area contributed by atoms with Crippen LogP contribution in [0.2, 0.25) is 5.02 Å². The number of pyridine rings is 1. The van der Waals surface area contributed by atoms with Gasteiger partial charge in [0, 0.05) is 34.0 Å². The first-order chi connectivity index (χ1) is 16.3. The maximum absolute atomic E-state index is 6.39. The Balaban J connectivity index is 1.71. The zero-order valence-electron chi connectivity index (χ0n) is 19.7. The minimum Gasteiger partial charge on any atom is -0.351 e. The lowest BCUT2D eigenvalue weighted by molar-refractivity contribution is 0.565. The zero-order valence-corrected chi connectivity index (χ0v) is 21.3. The van der Waals surface area contributed by atoms with E-state index < -0.39 is 0 Å². The molecule has 0 saturated carbocycles. The quantitative estimate of drug-likeness (QED) is 0.317. The van der Waals surface area contributed by atoms with Gasteiger partial charge in [-0.2, -0.15) is 0 Å². The van der Waals surface area contributed by atoms with E-state index in [0.29, 0.717) is 5.11 Å². The van der Waals surface area contributed by atoms with Gasteiger partial charge in [0.2, 0.25) is 0 Å². The van der Waals surface area contributed by atoms with Crippen LogP contribution in [0.3, 0.4) is 0 Å². The van der Waals surface area contributed by atoms with E-state index in [4.69, 9.17) is 23.8 Å². The van der Waals surface area contributed by atoms with Gasteiger partial charge in [-0.05, 0) is 99.1 Å². The minimum absolute atomic E-state index is 0.0522. The molecule has 0 spiro atoms. The molecule has 1 aliphatic heterocycles. The average Bonchev–Trinajstić information content (AvgIpc) is 3.31. The third kappa shape index (κ3) is 3.89. The van der Waals surface area contributed by atoms with Gasteiger partial charge in [0.15, 0.2) is 5.11 Å². The Kier molecular flexibility index (Phi) is 5.92. The SMILES string of the molecule is Cc1cccc(N2C(=S)N[C@H](c3ccccn3)[C@@H]2c2cc(C)n(-c3cc(Cl)ccc3C)c2C)c1. The number of benzene rings is 2. The van der Waals surface area contributed by atoms with Crippen LogP contribution >= 0.6 is 23.8 Å². The van der Waals surface area contributed by atoms with Crippen molar-refractivity contribution in [3.05, 3.63) is 112 Å². The summed E-state index contributed by atoms with van der Waals surface area (Å²) < 4.78 is 2.29. The Morgan fingerprint density at radius 1 is 0.941 bits per heavy atom. The molecule has 6 heteroatoms. The van der Waals surface area contributed by atoms with E-state index in [0.717, 1.165) is 33.5 Å². The fourth-order valence-corrected chi connectivity index (χ4v) is 5.52. The second-order valence-corrected chi connectivity index (χ2v) is 9.75. The second kappa shape index (κ2) is 8.90. The molecular formula is C28H27ClN4S. The van der Waals surface area contributed by atoms with E-state index in [9.17, 15) is 0 Å². The van der Waals surface area contributed by atoms with Crippen molar-refractivity contribution < 1.29 is 0 Å². The van der Waals surface area contributed by atoms with Crippen LogP contribution in [0, 0.1) is 27.7 Å². The molecule has 0 amide bonds. The molecule has 1 fully saturated rings. The number of rotatable bonds is 4. The maximum atomic E-state index is 6.39. The predicted octanol–water partition coefficient (Wildman–Crippen LogP) is 6.94. The highest BCUT2D eigenvalue weighted by atomic mass is 35.5. The van der Waals surface area contributed by atoms with Crippen molar-refractivity contribution in [3.8, 4) is 5.69 Å². The zero-order chi connectivity index (χ0) is 24.0. The smallest absolute Gasteiger partial charge is 0.174 e. The number of anilines is 1. The molecule has 3 heterocycles. The van der Waals surface area contributed by atoms with Crippen molar-refractivity contribution in [2.24, 2.45) is 0 Å². The first-order valence-corrected chi connectivity index (χ1v) is 12.2. The number of halogens is 1. The second-order valence-electron chi connectivity index (χ2n) is 8.93. The molecule has 2 aromatic carbocycles. The number of nitrogens with zero attached hydrogens (tertiary/aromatic N) is 3. The molecule has 2 aromatic heterocycles. The summed E-state index contributed by atoms with van der Waals surface area (Å²) in [6.07, 6.45) is 1.84. The van der Waals surface area contributed by atoms with Gasteiger partial charge >= 0.3 is 0 Å². The number of nitrogens with one attached hydrogen (secondary N) is 1. The van der Waals surface area contributed by atoms with Crippen molar-refractivity contribution in [3.63, 3.8) is 0 Å². The average molecular weight is 487 g/mol. The highest BCUT2D eigenvalue weighted by Crippen LogP contribution is 2.44. The van der Waals surface area contributed by atoms with E-state index in [1.807, 2.05) is 30.5 Å². The molecule has 1 N–H and O–H groups in total. The van der Waals surface area contributed by atoms with Crippen molar-refractivity contribution in [1.82, 2.24) is 14.9 Å². The molecule has 1 aliphatic rings. The standard InChI is InChI=1S/C28H27ClN4S/c1-17-8-7-9-22(14-17)33-27(26(31-28(33)34)24-10-5-6-13-30-24)23-15-19(3)32(20(23)4)25-16-21(29)12-11-18(25)2/h5-16,26-27H,1-4H3,(H,31,34)/t26-,27+/m1/s1. The predicted molar refractivity (Wildman–Crippen MR) is 144 cm³/mol. The van der Waals surface area contributed by atoms with E-state index in [1.54, 1.807) is 0 Å². The Labute approximate surface area is 211 Å². The van der Waals surface area contributed by atoms with Crippen LogP contribution < -0.4 is 10.2 Å². The van der Waals surface area contributed by atoms with Gasteiger partial charge in [0.25, 0.3) is 0 Å². The van der Waals surface area contributed by atoms with Crippen LogP contribution in [0.5, 0.6) is 0 Å². The summed E-state index contributed by atoms with van der Waals surface area (Å²) in [6.45, 7) is 8.54. The normalized spacial score (nSPS) is 17.8. The maximum Gasteiger partial charge on any atom is 0.174 e. The molecule has 34 heavy (non-hydrogen) atoms.